The summed E-state index contributed by atoms with van der Waals surface area (Å²) in [6, 6.07) is 7.43. The molecule has 102 valence electrons. The molecule has 0 radical (unpaired) electrons. The maximum absolute atomic E-state index is 9.61. The fourth-order valence-corrected chi connectivity index (χ4v) is 2.93. The lowest BCUT2D eigenvalue weighted by Crippen LogP contribution is -2.28. The fraction of sp³-hybridized carbons (Fsp3) is 0.533. The Hall–Kier alpha value is -1.08. The lowest BCUT2D eigenvalue weighted by Gasteiger charge is -2.22. The predicted molar refractivity (Wildman–Crippen MR) is 76.2 cm³/mol. The number of nitrogens with zero attached hydrogens (tertiary/aromatic N) is 2. The van der Waals surface area contributed by atoms with Crippen molar-refractivity contribution in [2.24, 2.45) is 5.92 Å². The van der Waals surface area contributed by atoms with E-state index in [1.54, 1.807) is 6.07 Å². The molecular weight excluding hydrogens is 260 g/mol. The molecule has 1 fully saturated rings. The molecule has 1 aromatic carbocycles. The first-order chi connectivity index (χ1) is 9.12. The van der Waals surface area contributed by atoms with Crippen molar-refractivity contribution in [2.75, 3.05) is 26.2 Å². The van der Waals surface area contributed by atoms with Crippen LogP contribution in [0, 0.1) is 17.2 Å². The number of aliphatic hydroxyl groups is 1. The zero-order chi connectivity index (χ0) is 13.8. The van der Waals surface area contributed by atoms with Gasteiger partial charge in [0.15, 0.2) is 0 Å². The monoisotopic (exact) mass is 278 g/mol. The third kappa shape index (κ3) is 3.70. The number of hydrogen-bond donors (Lipinski definition) is 1. The maximum atomic E-state index is 9.61. The number of nitriles is 1. The largest absolute Gasteiger partial charge is 0.396 e. The van der Waals surface area contributed by atoms with E-state index in [9.17, 15) is 5.11 Å². The molecule has 0 aromatic heterocycles. The molecule has 1 heterocycles. The van der Waals surface area contributed by atoms with Crippen molar-refractivity contribution >= 4 is 11.6 Å². The smallest absolute Gasteiger partial charge is 0.0992 e. The standard InChI is InChI=1S/C15H19ClN2O/c1-11-2-3-18(8-11)9-14(10-19)13-4-12(7-17)5-15(16)6-13/h4-6,11,14,19H,2-3,8-10H2,1H3. The summed E-state index contributed by atoms with van der Waals surface area (Å²) in [6.45, 7) is 5.33. The summed E-state index contributed by atoms with van der Waals surface area (Å²) in [4.78, 5) is 2.37. The first kappa shape index (κ1) is 14.3. The van der Waals surface area contributed by atoms with E-state index < -0.39 is 0 Å². The highest BCUT2D eigenvalue weighted by Gasteiger charge is 2.22. The zero-order valence-electron chi connectivity index (χ0n) is 11.1. The Morgan fingerprint density at radius 2 is 2.32 bits per heavy atom. The van der Waals surface area contributed by atoms with Gasteiger partial charge in [0.25, 0.3) is 0 Å². The molecule has 0 saturated carbocycles. The third-order valence-corrected chi connectivity index (χ3v) is 3.95. The predicted octanol–water partition coefficient (Wildman–Crippen LogP) is 2.63. The summed E-state index contributed by atoms with van der Waals surface area (Å²) in [6.07, 6.45) is 1.22. The topological polar surface area (TPSA) is 47.3 Å². The van der Waals surface area contributed by atoms with Gasteiger partial charge < -0.3 is 10.0 Å². The van der Waals surface area contributed by atoms with Gasteiger partial charge in [-0.3, -0.25) is 0 Å². The Morgan fingerprint density at radius 3 is 2.89 bits per heavy atom. The van der Waals surface area contributed by atoms with Crippen LogP contribution in [0.15, 0.2) is 18.2 Å². The van der Waals surface area contributed by atoms with Crippen molar-refractivity contribution in [3.05, 3.63) is 34.3 Å². The molecule has 4 heteroatoms. The SMILES string of the molecule is CC1CCN(CC(CO)c2cc(Cl)cc(C#N)c2)C1. The summed E-state index contributed by atoms with van der Waals surface area (Å²) >= 11 is 6.02. The van der Waals surface area contributed by atoms with Crippen molar-refractivity contribution < 1.29 is 5.11 Å². The molecule has 0 amide bonds. The minimum Gasteiger partial charge on any atom is -0.396 e. The van der Waals surface area contributed by atoms with Crippen molar-refractivity contribution in [1.29, 1.82) is 5.26 Å². The van der Waals surface area contributed by atoms with E-state index in [4.69, 9.17) is 16.9 Å². The highest BCUT2D eigenvalue weighted by molar-refractivity contribution is 6.30. The van der Waals surface area contributed by atoms with Crippen LogP contribution < -0.4 is 0 Å². The summed E-state index contributed by atoms with van der Waals surface area (Å²) < 4.78 is 0. The minimum absolute atomic E-state index is 0.0242. The van der Waals surface area contributed by atoms with Crippen molar-refractivity contribution in [2.45, 2.75) is 19.3 Å². The van der Waals surface area contributed by atoms with Gasteiger partial charge in [-0.05, 0) is 42.6 Å². The van der Waals surface area contributed by atoms with Gasteiger partial charge >= 0.3 is 0 Å². The van der Waals surface area contributed by atoms with Crippen LogP contribution in [0.25, 0.3) is 0 Å². The fourth-order valence-electron chi connectivity index (χ4n) is 2.68. The average Bonchev–Trinajstić information content (AvgIpc) is 2.80. The van der Waals surface area contributed by atoms with E-state index in [0.29, 0.717) is 10.6 Å². The van der Waals surface area contributed by atoms with E-state index in [1.807, 2.05) is 12.1 Å². The minimum atomic E-state index is 0.0242. The second-order valence-electron chi connectivity index (χ2n) is 5.42. The van der Waals surface area contributed by atoms with Gasteiger partial charge in [0.2, 0.25) is 0 Å². The van der Waals surface area contributed by atoms with Crippen molar-refractivity contribution in [1.82, 2.24) is 4.90 Å². The Kier molecular flexibility index (Phi) is 4.81. The van der Waals surface area contributed by atoms with Gasteiger partial charge in [0.05, 0.1) is 18.2 Å². The highest BCUT2D eigenvalue weighted by Crippen LogP contribution is 2.25. The van der Waals surface area contributed by atoms with E-state index in [0.717, 1.165) is 31.1 Å². The molecule has 1 aliphatic rings. The lowest BCUT2D eigenvalue weighted by atomic mass is 9.97. The molecular formula is C15H19ClN2O. The summed E-state index contributed by atoms with van der Waals surface area (Å²) in [5.74, 6) is 0.754. The van der Waals surface area contributed by atoms with Crippen molar-refractivity contribution in [3.63, 3.8) is 0 Å². The molecule has 0 aliphatic carbocycles. The molecule has 1 aliphatic heterocycles. The number of halogens is 1. The second kappa shape index (κ2) is 6.38. The molecule has 19 heavy (non-hydrogen) atoms. The molecule has 0 spiro atoms. The van der Waals surface area contributed by atoms with E-state index in [2.05, 4.69) is 17.9 Å². The quantitative estimate of drug-likeness (QED) is 0.921. The maximum Gasteiger partial charge on any atom is 0.0992 e. The van der Waals surface area contributed by atoms with Gasteiger partial charge in [-0.15, -0.1) is 0 Å². The molecule has 2 atom stereocenters. The van der Waals surface area contributed by atoms with Gasteiger partial charge in [0, 0.05) is 24.0 Å². The third-order valence-electron chi connectivity index (χ3n) is 3.73. The van der Waals surface area contributed by atoms with E-state index in [1.165, 1.54) is 6.42 Å². The van der Waals surface area contributed by atoms with E-state index in [-0.39, 0.29) is 12.5 Å². The molecule has 2 unspecified atom stereocenters. The highest BCUT2D eigenvalue weighted by atomic mass is 35.5. The van der Waals surface area contributed by atoms with Crippen molar-refractivity contribution in [3.8, 4) is 6.07 Å². The molecule has 0 bridgehead atoms. The van der Waals surface area contributed by atoms with Gasteiger partial charge in [-0.2, -0.15) is 5.26 Å². The van der Waals surface area contributed by atoms with Crippen LogP contribution in [0.2, 0.25) is 5.02 Å². The number of benzene rings is 1. The van der Waals surface area contributed by atoms with Gasteiger partial charge in [0.1, 0.15) is 0 Å². The first-order valence-electron chi connectivity index (χ1n) is 6.66. The first-order valence-corrected chi connectivity index (χ1v) is 7.04. The van der Waals surface area contributed by atoms with Gasteiger partial charge in [-0.25, -0.2) is 0 Å². The lowest BCUT2D eigenvalue weighted by molar-refractivity contribution is 0.218. The Labute approximate surface area is 119 Å². The van der Waals surface area contributed by atoms with Crippen LogP contribution in [0.3, 0.4) is 0 Å². The van der Waals surface area contributed by atoms with E-state index >= 15 is 0 Å². The van der Waals surface area contributed by atoms with Crippen LogP contribution in [0.5, 0.6) is 0 Å². The molecule has 2 rings (SSSR count). The van der Waals surface area contributed by atoms with Crippen LogP contribution in [0.1, 0.15) is 30.4 Å². The second-order valence-corrected chi connectivity index (χ2v) is 5.85. The number of aliphatic hydroxyl groups excluding tert-OH is 1. The normalized spacial score (nSPS) is 21.3. The summed E-state index contributed by atoms with van der Waals surface area (Å²) in [5, 5.41) is 19.1. The molecule has 1 N–H and O–H groups in total. The number of rotatable bonds is 4. The number of hydrogen-bond acceptors (Lipinski definition) is 3. The number of likely N-dealkylation sites (tertiary alicyclic amines) is 1. The molecule has 1 saturated heterocycles. The molecule has 1 aromatic rings. The Bertz CT molecular complexity index is 484. The van der Waals surface area contributed by atoms with Crippen LogP contribution in [-0.2, 0) is 0 Å². The average molecular weight is 279 g/mol. The Morgan fingerprint density at radius 1 is 1.53 bits per heavy atom. The van der Waals surface area contributed by atoms with Gasteiger partial charge in [-0.1, -0.05) is 18.5 Å². The van der Waals surface area contributed by atoms with Crippen LogP contribution in [0.4, 0.5) is 0 Å². The summed E-state index contributed by atoms with van der Waals surface area (Å²) in [5.41, 5.74) is 1.50. The Balaban J connectivity index is 2.13. The summed E-state index contributed by atoms with van der Waals surface area (Å²) in [7, 11) is 0. The molecule has 3 nitrogen and oxygen atoms in total. The van der Waals surface area contributed by atoms with Crippen LogP contribution in [-0.4, -0.2) is 36.2 Å². The zero-order valence-corrected chi connectivity index (χ0v) is 11.9. The van der Waals surface area contributed by atoms with Crippen LogP contribution >= 0.6 is 11.6 Å².